The predicted molar refractivity (Wildman–Crippen MR) is 115 cm³/mol. The highest BCUT2D eigenvalue weighted by molar-refractivity contribution is 7.91. The molecular formula is C22H18ClNO5S. The van der Waals surface area contributed by atoms with Gasteiger partial charge >= 0.3 is 0 Å². The van der Waals surface area contributed by atoms with Crippen molar-refractivity contribution in [3.8, 4) is 0 Å². The Morgan fingerprint density at radius 3 is 2.27 bits per heavy atom. The summed E-state index contributed by atoms with van der Waals surface area (Å²) >= 11 is 5.93. The Morgan fingerprint density at radius 2 is 1.67 bits per heavy atom. The molecule has 0 saturated heterocycles. The summed E-state index contributed by atoms with van der Waals surface area (Å²) in [5.74, 6) is -0.505. The third-order valence-corrected chi connectivity index (χ3v) is 7.08. The summed E-state index contributed by atoms with van der Waals surface area (Å²) in [6.45, 7) is 1.85. The third-order valence-electron chi connectivity index (χ3n) is 4.72. The number of halogens is 1. The number of sulfone groups is 1. The summed E-state index contributed by atoms with van der Waals surface area (Å²) < 4.78 is 26.8. The van der Waals surface area contributed by atoms with E-state index < -0.39 is 25.8 Å². The molecule has 3 rings (SSSR count). The van der Waals surface area contributed by atoms with Crippen LogP contribution in [0.5, 0.6) is 0 Å². The van der Waals surface area contributed by atoms with Crippen LogP contribution in [0.25, 0.3) is 0 Å². The van der Waals surface area contributed by atoms with Gasteiger partial charge in [0.2, 0.25) is 0 Å². The van der Waals surface area contributed by atoms with E-state index in [1.165, 1.54) is 30.3 Å². The number of nitrogens with zero attached hydrogens (tertiary/aromatic N) is 1. The van der Waals surface area contributed by atoms with E-state index >= 15 is 0 Å². The van der Waals surface area contributed by atoms with Crippen LogP contribution in [0.3, 0.4) is 0 Å². The van der Waals surface area contributed by atoms with Crippen LogP contribution in [0.1, 0.15) is 33.2 Å². The first kappa shape index (κ1) is 21.7. The number of Topliss-reactive ketones (excluding diaryl/α,β-unsaturated/α-hetero) is 1. The molecule has 0 bridgehead atoms. The second-order valence-electron chi connectivity index (χ2n) is 6.83. The van der Waals surface area contributed by atoms with Crippen molar-refractivity contribution >= 4 is 32.9 Å². The quantitative estimate of drug-likeness (QED) is 0.279. The molecule has 6 nitrogen and oxygen atoms in total. The largest absolute Gasteiger partial charge is 0.294 e. The highest BCUT2D eigenvalue weighted by atomic mass is 35.5. The van der Waals surface area contributed by atoms with Crippen molar-refractivity contribution < 1.29 is 18.1 Å². The monoisotopic (exact) mass is 443 g/mol. The highest BCUT2D eigenvalue weighted by Crippen LogP contribution is 2.34. The van der Waals surface area contributed by atoms with E-state index in [1.807, 2.05) is 6.92 Å². The average Bonchev–Trinajstić information content (AvgIpc) is 2.73. The Morgan fingerprint density at radius 1 is 1.03 bits per heavy atom. The summed E-state index contributed by atoms with van der Waals surface area (Å²) in [4.78, 5) is 23.4. The maximum Gasteiger partial charge on any atom is 0.270 e. The van der Waals surface area contributed by atoms with Gasteiger partial charge in [-0.05, 0) is 36.8 Å². The fourth-order valence-corrected chi connectivity index (χ4v) is 4.91. The number of carbonyl (C=O) groups is 1. The number of hydrogen-bond acceptors (Lipinski definition) is 5. The van der Waals surface area contributed by atoms with Gasteiger partial charge in [0.05, 0.1) is 15.1 Å². The summed E-state index contributed by atoms with van der Waals surface area (Å²) in [7, 11) is -3.91. The van der Waals surface area contributed by atoms with Crippen molar-refractivity contribution in [1.29, 1.82) is 0 Å². The van der Waals surface area contributed by atoms with Crippen molar-refractivity contribution in [3.05, 3.63) is 105 Å². The van der Waals surface area contributed by atoms with Gasteiger partial charge in [-0.15, -0.1) is 0 Å². The molecule has 0 fully saturated rings. The number of aryl methyl sites for hydroxylation is 1. The molecule has 1 atom stereocenters. The van der Waals surface area contributed by atoms with Crippen molar-refractivity contribution in [3.63, 3.8) is 0 Å². The number of nitro groups is 1. The molecule has 3 aromatic carbocycles. The fraction of sp³-hybridized carbons (Fsp3) is 0.136. The molecule has 8 heteroatoms. The summed E-state index contributed by atoms with van der Waals surface area (Å²) in [6, 6.07) is 17.9. The van der Waals surface area contributed by atoms with Crippen molar-refractivity contribution in [2.75, 3.05) is 0 Å². The Labute approximate surface area is 179 Å². The SMILES string of the molecule is Cc1ccc(S(=O)(=O)[C@H](CC(=O)c2cccc([N+](=O)[O-])c2)c2ccc(Cl)cc2)cc1. The second kappa shape index (κ2) is 8.77. The van der Waals surface area contributed by atoms with E-state index in [4.69, 9.17) is 11.6 Å². The van der Waals surface area contributed by atoms with Crippen LogP contribution in [0.15, 0.2) is 77.7 Å². The van der Waals surface area contributed by atoms with Crippen LogP contribution >= 0.6 is 11.6 Å². The van der Waals surface area contributed by atoms with Crippen LogP contribution in [0.4, 0.5) is 5.69 Å². The van der Waals surface area contributed by atoms with Gasteiger partial charge in [-0.25, -0.2) is 8.42 Å². The number of rotatable bonds is 7. The lowest BCUT2D eigenvalue weighted by atomic mass is 10.0. The number of non-ortho nitro benzene ring substituents is 1. The molecular weight excluding hydrogens is 426 g/mol. The first-order valence-electron chi connectivity index (χ1n) is 9.02. The predicted octanol–water partition coefficient (Wildman–Crippen LogP) is 5.34. The van der Waals surface area contributed by atoms with Gasteiger partial charge in [0.15, 0.2) is 15.6 Å². The minimum Gasteiger partial charge on any atom is -0.294 e. The number of benzene rings is 3. The maximum atomic E-state index is 13.4. The van der Waals surface area contributed by atoms with Crippen LogP contribution in [-0.4, -0.2) is 19.1 Å². The van der Waals surface area contributed by atoms with Crippen LogP contribution in [0.2, 0.25) is 5.02 Å². The standard InChI is InChI=1S/C22H18ClNO5S/c1-15-5-11-20(12-6-15)30(28,29)22(16-7-9-18(23)10-8-16)14-21(25)17-3-2-4-19(13-17)24(26)27/h2-13,22H,14H2,1H3/t22-/m1/s1. The van der Waals surface area contributed by atoms with E-state index in [0.717, 1.165) is 11.6 Å². The molecule has 30 heavy (non-hydrogen) atoms. The normalized spacial score (nSPS) is 12.3. The molecule has 0 saturated carbocycles. The first-order chi connectivity index (χ1) is 14.2. The molecule has 0 amide bonds. The molecule has 0 spiro atoms. The van der Waals surface area contributed by atoms with Gasteiger partial charge in [0.1, 0.15) is 0 Å². The Balaban J connectivity index is 2.03. The zero-order chi connectivity index (χ0) is 21.9. The van der Waals surface area contributed by atoms with E-state index in [0.29, 0.717) is 10.6 Å². The van der Waals surface area contributed by atoms with E-state index in [1.54, 1.807) is 36.4 Å². The Bertz CT molecular complexity index is 1190. The lowest BCUT2D eigenvalue weighted by molar-refractivity contribution is -0.384. The summed E-state index contributed by atoms with van der Waals surface area (Å²) in [6.07, 6.45) is -0.362. The maximum absolute atomic E-state index is 13.4. The Kier molecular flexibility index (Phi) is 6.34. The van der Waals surface area contributed by atoms with Crippen LogP contribution in [0, 0.1) is 17.0 Å². The van der Waals surface area contributed by atoms with Gasteiger partial charge < -0.3 is 0 Å². The molecule has 3 aromatic rings. The van der Waals surface area contributed by atoms with Crippen LogP contribution in [-0.2, 0) is 9.84 Å². The molecule has 154 valence electrons. The molecule has 0 aliphatic carbocycles. The Hall–Kier alpha value is -3.03. The molecule has 0 N–H and O–H groups in total. The van der Waals surface area contributed by atoms with Crippen molar-refractivity contribution in [2.45, 2.75) is 23.5 Å². The van der Waals surface area contributed by atoms with Crippen LogP contribution < -0.4 is 0 Å². The molecule has 0 aliphatic heterocycles. The zero-order valence-corrected chi connectivity index (χ0v) is 17.6. The molecule has 0 aliphatic rings. The zero-order valence-electron chi connectivity index (χ0n) is 16.0. The van der Waals surface area contributed by atoms with Gasteiger partial charge in [-0.2, -0.15) is 0 Å². The summed E-state index contributed by atoms with van der Waals surface area (Å²) in [5.41, 5.74) is 1.18. The number of nitro benzene ring substituents is 1. The summed E-state index contributed by atoms with van der Waals surface area (Å²) in [5, 5.41) is 10.3. The molecule has 0 unspecified atom stereocenters. The minimum atomic E-state index is -3.91. The lowest BCUT2D eigenvalue weighted by Crippen LogP contribution is -2.18. The van der Waals surface area contributed by atoms with E-state index in [-0.39, 0.29) is 22.6 Å². The van der Waals surface area contributed by atoms with E-state index in [9.17, 15) is 23.3 Å². The number of carbonyl (C=O) groups excluding carboxylic acids is 1. The van der Waals surface area contributed by atoms with Gasteiger partial charge in [0.25, 0.3) is 5.69 Å². The van der Waals surface area contributed by atoms with Crippen molar-refractivity contribution in [2.24, 2.45) is 0 Å². The van der Waals surface area contributed by atoms with Gasteiger partial charge in [0, 0.05) is 29.1 Å². The first-order valence-corrected chi connectivity index (χ1v) is 10.9. The lowest BCUT2D eigenvalue weighted by Gasteiger charge is -2.18. The molecule has 0 aromatic heterocycles. The van der Waals surface area contributed by atoms with E-state index in [2.05, 4.69) is 0 Å². The number of ketones is 1. The van der Waals surface area contributed by atoms with Gasteiger partial charge in [-0.3, -0.25) is 14.9 Å². The smallest absolute Gasteiger partial charge is 0.270 e. The second-order valence-corrected chi connectivity index (χ2v) is 9.40. The topological polar surface area (TPSA) is 94.3 Å². The van der Waals surface area contributed by atoms with Gasteiger partial charge in [-0.1, -0.05) is 53.6 Å². The van der Waals surface area contributed by atoms with Crippen molar-refractivity contribution in [1.82, 2.24) is 0 Å². The molecule has 0 heterocycles. The minimum absolute atomic E-state index is 0.0854. The third kappa shape index (κ3) is 4.75. The molecule has 0 radical (unpaired) electrons. The number of hydrogen-bond donors (Lipinski definition) is 0. The highest BCUT2D eigenvalue weighted by Gasteiger charge is 2.32. The fourth-order valence-electron chi connectivity index (χ4n) is 3.06. The average molecular weight is 444 g/mol.